The van der Waals surface area contributed by atoms with E-state index in [0.29, 0.717) is 0 Å². The molecule has 0 aliphatic carbocycles. The third-order valence-electron chi connectivity index (χ3n) is 4.40. The maximum atomic E-state index is 4.09. The Morgan fingerprint density at radius 3 is 2.27 bits per heavy atom. The highest BCUT2D eigenvalue weighted by Gasteiger charge is 2.07. The lowest BCUT2D eigenvalue weighted by molar-refractivity contribution is 0.408. The molecule has 0 bridgehead atoms. The molecule has 0 radical (unpaired) electrons. The Labute approximate surface area is 137 Å². The molecule has 0 aliphatic heterocycles. The Bertz CT molecular complexity index is 321. The van der Waals surface area contributed by atoms with Gasteiger partial charge >= 0.3 is 0 Å². The van der Waals surface area contributed by atoms with Crippen LogP contribution in [0, 0.1) is 0 Å². The molecule has 1 atom stereocenters. The molecule has 3 heteroatoms. The van der Waals surface area contributed by atoms with Gasteiger partial charge in [0.2, 0.25) is 0 Å². The lowest BCUT2D eigenvalue weighted by Gasteiger charge is -2.19. The van der Waals surface area contributed by atoms with Crippen molar-refractivity contribution < 1.29 is 0 Å². The van der Waals surface area contributed by atoms with Gasteiger partial charge in [0.1, 0.15) is 0 Å². The lowest BCUT2D eigenvalue weighted by atomic mass is 10.0. The Kier molecular flexibility index (Phi) is 12.1. The van der Waals surface area contributed by atoms with Crippen LogP contribution in [0.2, 0.25) is 0 Å². The third kappa shape index (κ3) is 9.99. The van der Waals surface area contributed by atoms with Crippen LogP contribution in [-0.4, -0.2) is 22.1 Å². The van der Waals surface area contributed by atoms with Crippen molar-refractivity contribution in [1.29, 1.82) is 0 Å². The predicted octanol–water partition coefficient (Wildman–Crippen LogP) is 5.17. The maximum absolute atomic E-state index is 4.09. The quantitative estimate of drug-likeness (QED) is 0.453. The number of unbranched alkanes of at least 4 members (excludes halogenated alkanes) is 6. The summed E-state index contributed by atoms with van der Waals surface area (Å²) in [6.45, 7) is 6.78. The molecule has 1 N–H and O–H groups in total. The summed E-state index contributed by atoms with van der Waals surface area (Å²) in [5.41, 5.74) is 0. The fraction of sp³-hybridized carbons (Fsp3) is 0.842. The summed E-state index contributed by atoms with van der Waals surface area (Å²) in [5.74, 6) is 0. The number of nitrogens with zero attached hydrogens (tertiary/aromatic N) is 2. The van der Waals surface area contributed by atoms with Crippen molar-refractivity contribution in [3.63, 3.8) is 0 Å². The minimum absolute atomic E-state index is 0.732. The van der Waals surface area contributed by atoms with Crippen LogP contribution in [0.3, 0.4) is 0 Å². The van der Waals surface area contributed by atoms with Gasteiger partial charge in [-0.3, -0.25) is 0 Å². The van der Waals surface area contributed by atoms with Crippen molar-refractivity contribution in [2.45, 2.75) is 97.1 Å². The van der Waals surface area contributed by atoms with Crippen LogP contribution in [0.15, 0.2) is 18.7 Å². The normalized spacial score (nSPS) is 12.6. The van der Waals surface area contributed by atoms with Crippen molar-refractivity contribution in [2.24, 2.45) is 0 Å². The maximum Gasteiger partial charge on any atom is 0.0945 e. The molecule has 0 fully saturated rings. The van der Waals surface area contributed by atoms with Crippen LogP contribution in [0.25, 0.3) is 0 Å². The molecule has 1 aromatic heterocycles. The molecule has 0 saturated carbocycles. The molecule has 128 valence electrons. The van der Waals surface area contributed by atoms with E-state index in [1.165, 1.54) is 70.6 Å². The van der Waals surface area contributed by atoms with Gasteiger partial charge in [0.15, 0.2) is 0 Å². The SMILES string of the molecule is CCCCCCCC(CCCCC)NCCCn1ccnc1. The van der Waals surface area contributed by atoms with Crippen LogP contribution in [0.1, 0.15) is 84.5 Å². The number of rotatable bonds is 15. The number of imidazole rings is 1. The van der Waals surface area contributed by atoms with E-state index in [1.54, 1.807) is 0 Å². The summed E-state index contributed by atoms with van der Waals surface area (Å²) < 4.78 is 2.17. The zero-order valence-corrected chi connectivity index (χ0v) is 14.9. The highest BCUT2D eigenvalue weighted by molar-refractivity contribution is 4.74. The minimum Gasteiger partial charge on any atom is -0.337 e. The molecule has 0 spiro atoms. The summed E-state index contributed by atoms with van der Waals surface area (Å²) in [5, 5.41) is 3.80. The summed E-state index contributed by atoms with van der Waals surface area (Å²) >= 11 is 0. The van der Waals surface area contributed by atoms with Crippen LogP contribution in [-0.2, 0) is 6.54 Å². The van der Waals surface area contributed by atoms with Crippen LogP contribution in [0.5, 0.6) is 0 Å². The molecule has 1 heterocycles. The highest BCUT2D eigenvalue weighted by Crippen LogP contribution is 2.12. The van der Waals surface area contributed by atoms with Gasteiger partial charge in [-0.1, -0.05) is 65.2 Å². The van der Waals surface area contributed by atoms with E-state index in [2.05, 4.69) is 28.7 Å². The van der Waals surface area contributed by atoms with Crippen molar-refractivity contribution in [3.05, 3.63) is 18.7 Å². The number of hydrogen-bond acceptors (Lipinski definition) is 2. The second-order valence-electron chi connectivity index (χ2n) is 6.50. The van der Waals surface area contributed by atoms with Gasteiger partial charge in [0.05, 0.1) is 6.33 Å². The van der Waals surface area contributed by atoms with E-state index in [1.807, 2.05) is 18.7 Å². The second kappa shape index (κ2) is 13.8. The molecule has 22 heavy (non-hydrogen) atoms. The van der Waals surface area contributed by atoms with Gasteiger partial charge in [0, 0.05) is 25.0 Å². The first-order valence-corrected chi connectivity index (χ1v) is 9.56. The standard InChI is InChI=1S/C19H37N3/c1-3-5-7-8-10-13-19(12-9-6-4-2)21-14-11-16-22-17-15-20-18-22/h15,17-19,21H,3-14,16H2,1-2H3. The monoisotopic (exact) mass is 307 g/mol. The van der Waals surface area contributed by atoms with Crippen LogP contribution >= 0.6 is 0 Å². The lowest BCUT2D eigenvalue weighted by Crippen LogP contribution is -2.30. The first-order chi connectivity index (χ1) is 10.9. The summed E-state index contributed by atoms with van der Waals surface area (Å²) in [7, 11) is 0. The molecule has 1 rings (SSSR count). The average Bonchev–Trinajstić information content (AvgIpc) is 3.04. The minimum atomic E-state index is 0.732. The highest BCUT2D eigenvalue weighted by atomic mass is 15.0. The molecule has 1 unspecified atom stereocenters. The van der Waals surface area contributed by atoms with E-state index in [0.717, 1.165) is 19.1 Å². The second-order valence-corrected chi connectivity index (χ2v) is 6.50. The Balaban J connectivity index is 2.12. The number of nitrogens with one attached hydrogen (secondary N) is 1. The fourth-order valence-corrected chi connectivity index (χ4v) is 2.97. The topological polar surface area (TPSA) is 29.9 Å². The molecule has 0 saturated heterocycles. The Hall–Kier alpha value is -0.830. The molecule has 0 aromatic carbocycles. The van der Waals surface area contributed by atoms with Gasteiger partial charge in [-0.15, -0.1) is 0 Å². The average molecular weight is 308 g/mol. The van der Waals surface area contributed by atoms with Crippen molar-refractivity contribution >= 4 is 0 Å². The number of hydrogen-bond donors (Lipinski definition) is 1. The third-order valence-corrected chi connectivity index (χ3v) is 4.40. The van der Waals surface area contributed by atoms with Gasteiger partial charge in [-0.05, 0) is 25.8 Å². The molecule has 0 aliphatic rings. The van der Waals surface area contributed by atoms with Crippen LogP contribution < -0.4 is 5.32 Å². The van der Waals surface area contributed by atoms with Gasteiger partial charge in [0.25, 0.3) is 0 Å². The zero-order valence-electron chi connectivity index (χ0n) is 14.9. The van der Waals surface area contributed by atoms with Crippen molar-refractivity contribution in [1.82, 2.24) is 14.9 Å². The van der Waals surface area contributed by atoms with Crippen molar-refractivity contribution in [2.75, 3.05) is 6.54 Å². The molecule has 0 amide bonds. The zero-order chi connectivity index (χ0) is 15.9. The first-order valence-electron chi connectivity index (χ1n) is 9.56. The molecular formula is C19H37N3. The van der Waals surface area contributed by atoms with E-state index >= 15 is 0 Å². The fourth-order valence-electron chi connectivity index (χ4n) is 2.97. The summed E-state index contributed by atoms with van der Waals surface area (Å²) in [6, 6.07) is 0.732. The summed E-state index contributed by atoms with van der Waals surface area (Å²) in [6.07, 6.45) is 20.8. The number of aromatic nitrogens is 2. The predicted molar refractivity (Wildman–Crippen MR) is 96.2 cm³/mol. The summed E-state index contributed by atoms with van der Waals surface area (Å²) in [4.78, 5) is 4.09. The molecular weight excluding hydrogens is 270 g/mol. The van der Waals surface area contributed by atoms with Crippen LogP contribution in [0.4, 0.5) is 0 Å². The van der Waals surface area contributed by atoms with Gasteiger partial charge in [-0.25, -0.2) is 4.98 Å². The van der Waals surface area contributed by atoms with E-state index in [-0.39, 0.29) is 0 Å². The van der Waals surface area contributed by atoms with Gasteiger partial charge in [-0.2, -0.15) is 0 Å². The Morgan fingerprint density at radius 1 is 0.909 bits per heavy atom. The number of aryl methyl sites for hydroxylation is 1. The first kappa shape index (κ1) is 19.2. The largest absolute Gasteiger partial charge is 0.337 e. The van der Waals surface area contributed by atoms with E-state index in [9.17, 15) is 0 Å². The Morgan fingerprint density at radius 2 is 1.59 bits per heavy atom. The van der Waals surface area contributed by atoms with E-state index in [4.69, 9.17) is 0 Å². The van der Waals surface area contributed by atoms with Gasteiger partial charge < -0.3 is 9.88 Å². The van der Waals surface area contributed by atoms with Crippen molar-refractivity contribution in [3.8, 4) is 0 Å². The molecule has 1 aromatic rings. The van der Waals surface area contributed by atoms with E-state index < -0.39 is 0 Å². The molecule has 3 nitrogen and oxygen atoms in total. The smallest absolute Gasteiger partial charge is 0.0945 e.